The van der Waals surface area contributed by atoms with Crippen LogP contribution in [0.4, 0.5) is 0 Å². The number of benzene rings is 1. The number of carbonyl (C=O) groups excluding carboxylic acids is 1. The lowest BCUT2D eigenvalue weighted by Gasteiger charge is -2.29. The summed E-state index contributed by atoms with van der Waals surface area (Å²) in [6.07, 6.45) is 3.89. The van der Waals surface area contributed by atoms with Crippen molar-refractivity contribution in [2.75, 3.05) is 13.1 Å². The van der Waals surface area contributed by atoms with E-state index < -0.39 is 0 Å². The zero-order valence-corrected chi connectivity index (χ0v) is 13.4. The Morgan fingerprint density at radius 2 is 2.00 bits per heavy atom. The highest BCUT2D eigenvalue weighted by molar-refractivity contribution is 7.11. The summed E-state index contributed by atoms with van der Waals surface area (Å²) in [5.74, 6) is 6.11. The first-order chi connectivity index (χ1) is 10.7. The number of hydrogen-bond donors (Lipinski definition) is 0. The van der Waals surface area contributed by atoms with Crippen molar-refractivity contribution in [2.24, 2.45) is 0 Å². The van der Waals surface area contributed by atoms with Crippen LogP contribution in [0.1, 0.15) is 34.2 Å². The van der Waals surface area contributed by atoms with E-state index in [-0.39, 0.29) is 5.91 Å². The molecule has 1 amide bonds. The summed E-state index contributed by atoms with van der Waals surface area (Å²) in [6, 6.07) is 9.62. The summed E-state index contributed by atoms with van der Waals surface area (Å²) in [6.45, 7) is 3.62. The van der Waals surface area contributed by atoms with E-state index in [9.17, 15) is 4.79 Å². The fourth-order valence-electron chi connectivity index (χ4n) is 2.62. The van der Waals surface area contributed by atoms with Crippen LogP contribution in [-0.2, 0) is 4.79 Å². The summed E-state index contributed by atoms with van der Waals surface area (Å²) in [7, 11) is 0. The Balaban J connectivity index is 1.57. The lowest BCUT2D eigenvalue weighted by molar-refractivity contribution is -0.126. The van der Waals surface area contributed by atoms with Gasteiger partial charge in [0.15, 0.2) is 0 Å². The first kappa shape index (κ1) is 14.8. The van der Waals surface area contributed by atoms with Gasteiger partial charge in [-0.05, 0) is 31.9 Å². The Morgan fingerprint density at radius 3 is 2.64 bits per heavy atom. The summed E-state index contributed by atoms with van der Waals surface area (Å²) in [4.78, 5) is 19.7. The van der Waals surface area contributed by atoms with E-state index in [0.29, 0.717) is 5.92 Å². The van der Waals surface area contributed by atoms with E-state index in [1.54, 1.807) is 11.3 Å². The van der Waals surface area contributed by atoms with Crippen molar-refractivity contribution in [3.8, 4) is 11.8 Å². The molecule has 22 heavy (non-hydrogen) atoms. The van der Waals surface area contributed by atoms with Gasteiger partial charge in [0.05, 0.1) is 5.01 Å². The number of rotatable bonds is 1. The average molecular weight is 310 g/mol. The second-order valence-electron chi connectivity index (χ2n) is 5.49. The molecule has 1 aromatic heterocycles. The van der Waals surface area contributed by atoms with Gasteiger partial charge in [0.25, 0.3) is 5.91 Å². The van der Waals surface area contributed by atoms with Gasteiger partial charge in [0.1, 0.15) is 0 Å². The van der Waals surface area contributed by atoms with Gasteiger partial charge >= 0.3 is 0 Å². The highest BCUT2D eigenvalue weighted by atomic mass is 32.1. The number of likely N-dealkylation sites (tertiary alicyclic amines) is 1. The van der Waals surface area contributed by atoms with Crippen LogP contribution in [0.25, 0.3) is 0 Å². The van der Waals surface area contributed by atoms with Crippen LogP contribution >= 0.6 is 11.3 Å². The molecule has 1 aliphatic heterocycles. The van der Waals surface area contributed by atoms with Crippen molar-refractivity contribution in [3.05, 3.63) is 52.0 Å². The van der Waals surface area contributed by atoms with Crippen LogP contribution < -0.4 is 0 Å². The van der Waals surface area contributed by atoms with Gasteiger partial charge in [0.2, 0.25) is 0 Å². The lowest BCUT2D eigenvalue weighted by Crippen LogP contribution is -2.37. The van der Waals surface area contributed by atoms with E-state index in [1.807, 2.05) is 41.4 Å². The minimum atomic E-state index is -0.0716. The van der Waals surface area contributed by atoms with Crippen molar-refractivity contribution in [3.63, 3.8) is 0 Å². The summed E-state index contributed by atoms with van der Waals surface area (Å²) >= 11 is 1.77. The van der Waals surface area contributed by atoms with E-state index in [1.165, 1.54) is 9.88 Å². The molecule has 3 nitrogen and oxygen atoms in total. The zero-order valence-electron chi connectivity index (χ0n) is 12.6. The molecule has 0 radical (unpaired) electrons. The number of nitrogens with zero attached hydrogens (tertiary/aromatic N) is 2. The third-order valence-electron chi connectivity index (χ3n) is 3.86. The first-order valence-electron chi connectivity index (χ1n) is 7.50. The molecule has 0 unspecified atom stereocenters. The van der Waals surface area contributed by atoms with E-state index in [0.717, 1.165) is 31.5 Å². The number of hydrogen-bond acceptors (Lipinski definition) is 3. The molecule has 1 aromatic carbocycles. The van der Waals surface area contributed by atoms with E-state index in [4.69, 9.17) is 0 Å². The molecule has 1 fully saturated rings. The first-order valence-corrected chi connectivity index (χ1v) is 8.32. The van der Waals surface area contributed by atoms with Crippen LogP contribution in [0.15, 0.2) is 36.5 Å². The average Bonchev–Trinajstić information content (AvgIpc) is 3.00. The standard InChI is InChI=1S/C18H18N2OS/c1-14-13-19-18(22-14)16-9-11-20(12-10-16)17(21)8-7-15-5-3-2-4-6-15/h2-6,13,16H,9-12H2,1H3. The smallest absolute Gasteiger partial charge is 0.298 e. The fourth-order valence-corrected chi connectivity index (χ4v) is 3.56. The van der Waals surface area contributed by atoms with E-state index in [2.05, 4.69) is 23.7 Å². The Hall–Kier alpha value is -2.12. The van der Waals surface area contributed by atoms with Crippen LogP contribution in [0.2, 0.25) is 0 Å². The zero-order chi connectivity index (χ0) is 15.4. The summed E-state index contributed by atoms with van der Waals surface area (Å²) < 4.78 is 0. The van der Waals surface area contributed by atoms with Crippen LogP contribution in [0.3, 0.4) is 0 Å². The minimum absolute atomic E-state index is 0.0716. The molecule has 3 rings (SSSR count). The quantitative estimate of drug-likeness (QED) is 0.758. The number of aryl methyl sites for hydroxylation is 1. The van der Waals surface area contributed by atoms with Crippen molar-refractivity contribution in [1.29, 1.82) is 0 Å². The van der Waals surface area contributed by atoms with Crippen molar-refractivity contribution in [2.45, 2.75) is 25.7 Å². The predicted octanol–water partition coefficient (Wildman–Crippen LogP) is 3.21. The molecule has 2 heterocycles. The van der Waals surface area contributed by atoms with E-state index >= 15 is 0 Å². The molecule has 0 bridgehead atoms. The van der Waals surface area contributed by atoms with Gasteiger partial charge in [0, 0.05) is 41.6 Å². The molecular weight excluding hydrogens is 292 g/mol. The van der Waals surface area contributed by atoms with Gasteiger partial charge in [-0.3, -0.25) is 4.79 Å². The van der Waals surface area contributed by atoms with Crippen molar-refractivity contribution >= 4 is 17.2 Å². The molecular formula is C18H18N2OS. The largest absolute Gasteiger partial charge is 0.332 e. The summed E-state index contributed by atoms with van der Waals surface area (Å²) in [5.41, 5.74) is 0.879. The minimum Gasteiger partial charge on any atom is -0.332 e. The molecule has 112 valence electrons. The number of thiazole rings is 1. The Bertz CT molecular complexity index is 703. The maximum atomic E-state index is 12.2. The molecule has 0 atom stereocenters. The lowest BCUT2D eigenvalue weighted by atomic mass is 9.97. The van der Waals surface area contributed by atoms with Crippen LogP contribution in [0, 0.1) is 18.8 Å². The molecule has 1 aliphatic rings. The van der Waals surface area contributed by atoms with Crippen LogP contribution in [0.5, 0.6) is 0 Å². The van der Waals surface area contributed by atoms with Crippen LogP contribution in [-0.4, -0.2) is 28.9 Å². The Morgan fingerprint density at radius 1 is 1.27 bits per heavy atom. The molecule has 4 heteroatoms. The third-order valence-corrected chi connectivity index (χ3v) is 4.93. The van der Waals surface area contributed by atoms with Crippen molar-refractivity contribution < 1.29 is 4.79 Å². The molecule has 0 N–H and O–H groups in total. The van der Waals surface area contributed by atoms with Gasteiger partial charge in [-0.1, -0.05) is 24.1 Å². The fraction of sp³-hybridized carbons (Fsp3) is 0.333. The van der Waals surface area contributed by atoms with Gasteiger partial charge in [-0.25, -0.2) is 4.98 Å². The van der Waals surface area contributed by atoms with Crippen molar-refractivity contribution in [1.82, 2.24) is 9.88 Å². The maximum Gasteiger partial charge on any atom is 0.298 e. The third kappa shape index (κ3) is 3.55. The SMILES string of the molecule is Cc1cnc(C2CCN(C(=O)C#Cc3ccccc3)CC2)s1. The maximum absolute atomic E-state index is 12.2. The Labute approximate surface area is 135 Å². The van der Waals surface area contributed by atoms with Gasteiger partial charge in [-0.15, -0.1) is 11.3 Å². The highest BCUT2D eigenvalue weighted by Gasteiger charge is 2.24. The molecule has 0 spiro atoms. The normalized spacial score (nSPS) is 15.2. The topological polar surface area (TPSA) is 33.2 Å². The molecule has 0 aliphatic carbocycles. The number of aromatic nitrogens is 1. The monoisotopic (exact) mass is 310 g/mol. The molecule has 0 saturated carbocycles. The molecule has 2 aromatic rings. The second kappa shape index (κ2) is 6.76. The van der Waals surface area contributed by atoms with Gasteiger partial charge in [-0.2, -0.15) is 0 Å². The Kier molecular flexibility index (Phi) is 4.55. The number of carbonyl (C=O) groups is 1. The number of piperidine rings is 1. The highest BCUT2D eigenvalue weighted by Crippen LogP contribution is 2.30. The predicted molar refractivity (Wildman–Crippen MR) is 88.7 cm³/mol. The molecule has 1 saturated heterocycles. The summed E-state index contributed by atoms with van der Waals surface area (Å²) in [5, 5.41) is 1.21. The second-order valence-corrected chi connectivity index (χ2v) is 6.76. The number of amides is 1. The van der Waals surface area contributed by atoms with Gasteiger partial charge < -0.3 is 4.90 Å².